The van der Waals surface area contributed by atoms with Crippen molar-refractivity contribution in [1.29, 1.82) is 10.8 Å². The van der Waals surface area contributed by atoms with Crippen LogP contribution in [0.2, 0.25) is 0 Å². The Hall–Kier alpha value is -1.54. The van der Waals surface area contributed by atoms with E-state index in [0.29, 0.717) is 11.4 Å². The molecule has 0 fully saturated rings. The number of azo groups is 1. The summed E-state index contributed by atoms with van der Waals surface area (Å²) in [6, 6.07) is 10.7. The molecule has 0 heterocycles. The van der Waals surface area contributed by atoms with Crippen LogP contribution in [0.4, 0.5) is 11.4 Å². The number of nitrogen functional groups attached to an aromatic ring is 2. The number of guanidine groups is 2. The van der Waals surface area contributed by atoms with Gasteiger partial charge < -0.3 is 0 Å². The summed E-state index contributed by atoms with van der Waals surface area (Å²) in [5.74, 6) is -0.466. The molecule has 0 aromatic heterocycles. The zero-order chi connectivity index (χ0) is 21.1. The van der Waals surface area contributed by atoms with Crippen LogP contribution in [-0.4, -0.2) is 48.4 Å². The van der Waals surface area contributed by atoms with E-state index in [9.17, 15) is 10.2 Å². The molecule has 10 N–H and O–H groups in total. The van der Waals surface area contributed by atoms with Gasteiger partial charge in [0, 0.05) is 23.6 Å². The predicted molar refractivity (Wildman–Crippen MR) is 129 cm³/mol. The molecule has 30 heavy (non-hydrogen) atoms. The molecule has 2 aromatic carbocycles. The fraction of sp³-hybridized carbons (Fsp3) is 0. The van der Waals surface area contributed by atoms with Gasteiger partial charge in [0.2, 0.25) is 11.9 Å². The fourth-order valence-electron chi connectivity index (χ4n) is 1.46. The number of hydrogen-bond acceptors (Lipinski definition) is 6. The van der Waals surface area contributed by atoms with Gasteiger partial charge in [0.25, 0.3) is 0 Å². The number of aromatic hydroxyl groups is 2. The molecular formula is C14H18As2Cl4N8O2. The Morgan fingerprint density at radius 3 is 1.40 bits per heavy atom. The zero-order valence-electron chi connectivity index (χ0n) is 14.9. The summed E-state index contributed by atoms with van der Waals surface area (Å²) in [4.78, 5) is 3.74. The van der Waals surface area contributed by atoms with Gasteiger partial charge in [-0.3, -0.25) is 20.5 Å². The van der Waals surface area contributed by atoms with E-state index >= 15 is 0 Å². The second kappa shape index (κ2) is 16.2. The van der Waals surface area contributed by atoms with Crippen molar-refractivity contribution < 1.29 is 10.2 Å². The van der Waals surface area contributed by atoms with E-state index in [1.54, 1.807) is 12.1 Å². The molecule has 0 atom stereocenters. The van der Waals surface area contributed by atoms with Crippen LogP contribution in [0.25, 0.3) is 0 Å². The van der Waals surface area contributed by atoms with Crippen LogP contribution in [0.5, 0.6) is 11.5 Å². The van der Waals surface area contributed by atoms with E-state index in [2.05, 4.69) is 10.2 Å². The van der Waals surface area contributed by atoms with Crippen molar-refractivity contribution in [3.8, 4) is 11.5 Å². The third-order valence-electron chi connectivity index (χ3n) is 2.73. The number of phenolic OH excluding ortho intramolecular Hbond substituents is 2. The molecule has 164 valence electrons. The molecule has 0 aliphatic rings. The van der Waals surface area contributed by atoms with Crippen LogP contribution in [0.1, 0.15) is 0 Å². The molecule has 0 spiro atoms. The Morgan fingerprint density at radius 1 is 0.800 bits per heavy atom. The summed E-state index contributed by atoms with van der Waals surface area (Å²) in [6.45, 7) is 0. The van der Waals surface area contributed by atoms with Crippen LogP contribution < -0.4 is 29.8 Å². The summed E-state index contributed by atoms with van der Waals surface area (Å²) in [6.07, 6.45) is 0. The second-order valence-corrected chi connectivity index (χ2v) is 12.5. The van der Waals surface area contributed by atoms with Crippen LogP contribution in [0, 0.1) is 10.8 Å². The Morgan fingerprint density at radius 2 is 1.13 bits per heavy atom. The first-order chi connectivity index (χ1) is 13.3. The van der Waals surface area contributed by atoms with E-state index in [-0.39, 0.29) is 74.5 Å². The van der Waals surface area contributed by atoms with Gasteiger partial charge in [-0.05, 0) is 0 Å². The number of rotatable bonds is 2. The molecule has 2 aromatic rings. The average molecular weight is 622 g/mol. The van der Waals surface area contributed by atoms with E-state index in [0.717, 1.165) is 0 Å². The fourth-order valence-corrected chi connectivity index (χ4v) is 8.67. The number of phenols is 2. The van der Waals surface area contributed by atoms with Gasteiger partial charge in [0.1, 0.15) is 0 Å². The molecule has 0 unspecified atom stereocenters. The molecule has 0 bridgehead atoms. The number of anilines is 2. The van der Waals surface area contributed by atoms with Crippen molar-refractivity contribution in [3.05, 3.63) is 36.4 Å². The molecule has 0 amide bonds. The predicted octanol–water partition coefficient (Wildman–Crippen LogP) is 1.17. The van der Waals surface area contributed by atoms with Crippen molar-refractivity contribution in [3.63, 3.8) is 0 Å². The van der Waals surface area contributed by atoms with Gasteiger partial charge in [-0.25, -0.2) is 0 Å². The Bertz CT molecular complexity index is 846. The van der Waals surface area contributed by atoms with E-state index in [1.165, 1.54) is 8.70 Å². The van der Waals surface area contributed by atoms with Gasteiger partial charge >= 0.3 is 116 Å². The van der Waals surface area contributed by atoms with Crippen molar-refractivity contribution in [2.45, 2.75) is 0 Å². The first-order valence-corrected chi connectivity index (χ1v) is 15.0. The Balaban J connectivity index is 0. The Kier molecular flexibility index (Phi) is 16.5. The van der Waals surface area contributed by atoms with E-state index < -0.39 is 0 Å². The average Bonchev–Trinajstić information content (AvgIpc) is 2.69. The number of hydrogen-bond donors (Lipinski definition) is 8. The molecule has 0 radical (unpaired) electrons. The van der Waals surface area contributed by atoms with Crippen molar-refractivity contribution in [1.82, 2.24) is 9.67 Å². The van der Waals surface area contributed by atoms with Crippen molar-refractivity contribution >= 4 is 107 Å². The normalized spacial score (nSPS) is 9.67. The molecule has 0 saturated carbocycles. The van der Waals surface area contributed by atoms with E-state index in [1.807, 2.05) is 33.9 Å². The quantitative estimate of drug-likeness (QED) is 0.0472. The molecule has 16 heteroatoms. The molecule has 2 rings (SSSR count). The maximum atomic E-state index is 9.34. The molecular weight excluding hydrogens is 604 g/mol. The SMILES string of the molecule is Cl.Cl.N=C(/N=N/C(=N)NCl)NCl.Nc1cc([As]=[As]c2ccc(O)c(N)c2)ccc1O. The number of benzene rings is 2. The topological polar surface area (TPSA) is 189 Å². The third-order valence-corrected chi connectivity index (χ3v) is 11.6. The van der Waals surface area contributed by atoms with Crippen LogP contribution in [0.15, 0.2) is 46.6 Å². The van der Waals surface area contributed by atoms with Crippen molar-refractivity contribution in [2.24, 2.45) is 10.2 Å². The summed E-state index contributed by atoms with van der Waals surface area (Å²) < 4.78 is 2.38. The van der Waals surface area contributed by atoms with Crippen molar-refractivity contribution in [2.75, 3.05) is 11.5 Å². The van der Waals surface area contributed by atoms with Gasteiger partial charge in [0.05, 0.1) is 0 Å². The summed E-state index contributed by atoms with van der Waals surface area (Å²) in [7, 11) is 0. The molecule has 10 nitrogen and oxygen atoms in total. The van der Waals surface area contributed by atoms with Gasteiger partial charge in [-0.2, -0.15) is 0 Å². The zero-order valence-corrected chi connectivity index (χ0v) is 21.8. The number of halogens is 4. The first kappa shape index (κ1) is 30.6. The van der Waals surface area contributed by atoms with Gasteiger partial charge in [-0.15, -0.1) is 35.0 Å². The molecule has 0 saturated heterocycles. The maximum absolute atomic E-state index is 9.34. The molecule has 0 aliphatic heterocycles. The third kappa shape index (κ3) is 11.6. The second-order valence-electron chi connectivity index (χ2n) is 4.77. The number of nitrogens with zero attached hydrogens (tertiary/aromatic N) is 2. The van der Waals surface area contributed by atoms with Gasteiger partial charge in [0.15, 0.2) is 0 Å². The molecule has 0 aliphatic carbocycles. The standard InChI is InChI=1S/C12H12As2N2O2.C2H4Cl2N6.2ClH/c15-9-5-7(1-3-11(9)17)13-14-8-2-4-12(18)10(16)6-8;3-7-1(5)9-10-2(6)8-4;;/h1-6,17-18H,15-16H2;(H2,5,7)(H2,6,8);2*1H/b;10-9+;;. The summed E-state index contributed by atoms with van der Waals surface area (Å²) in [5.41, 5.74) is 12.2. The van der Waals surface area contributed by atoms with Gasteiger partial charge in [-0.1, -0.05) is 0 Å². The monoisotopic (exact) mass is 620 g/mol. The van der Waals surface area contributed by atoms with Crippen LogP contribution >= 0.6 is 48.4 Å². The first-order valence-electron chi connectivity index (χ1n) is 7.17. The number of nitrogens with two attached hydrogens (primary N) is 2. The minimum absolute atomic E-state index is 0. The summed E-state index contributed by atoms with van der Waals surface area (Å²) in [5, 5.41) is 38.4. The summed E-state index contributed by atoms with van der Waals surface area (Å²) >= 11 is 9.88. The minimum atomic E-state index is -0.363. The number of nitrogens with one attached hydrogen (secondary N) is 4. The van der Waals surface area contributed by atoms with Crippen LogP contribution in [0.3, 0.4) is 0 Å². The van der Waals surface area contributed by atoms with E-state index in [4.69, 9.17) is 45.8 Å². The Labute approximate surface area is 205 Å². The van der Waals surface area contributed by atoms with Crippen LogP contribution in [-0.2, 0) is 0 Å².